The fourth-order valence-electron chi connectivity index (χ4n) is 2.27. The zero-order chi connectivity index (χ0) is 16.2. The topological polar surface area (TPSA) is 88.5 Å². The Bertz CT molecular complexity index is 718. The van der Waals surface area contributed by atoms with Crippen LogP contribution in [-0.2, 0) is 0 Å². The van der Waals surface area contributed by atoms with Gasteiger partial charge in [-0.3, -0.25) is 10.7 Å². The van der Waals surface area contributed by atoms with Crippen molar-refractivity contribution in [1.82, 2.24) is 10.4 Å². The summed E-state index contributed by atoms with van der Waals surface area (Å²) >= 11 is 5.19. The van der Waals surface area contributed by atoms with Gasteiger partial charge in [-0.25, -0.2) is 4.98 Å². The van der Waals surface area contributed by atoms with Gasteiger partial charge in [0.2, 0.25) is 0 Å². The molecule has 0 aliphatic heterocycles. The first-order chi connectivity index (χ1) is 11.1. The molecule has 6 nitrogen and oxygen atoms in total. The third kappa shape index (κ3) is 3.87. The van der Waals surface area contributed by atoms with Crippen LogP contribution in [0.3, 0.4) is 0 Å². The van der Waals surface area contributed by atoms with E-state index in [2.05, 4.69) is 20.8 Å². The molecule has 0 amide bonds. The van der Waals surface area contributed by atoms with Gasteiger partial charge >= 0.3 is 6.01 Å². The van der Waals surface area contributed by atoms with E-state index in [1.165, 1.54) is 19.3 Å². The van der Waals surface area contributed by atoms with Crippen molar-refractivity contribution >= 4 is 34.7 Å². The van der Waals surface area contributed by atoms with Crippen LogP contribution in [0, 0.1) is 0 Å². The Morgan fingerprint density at radius 3 is 2.74 bits per heavy atom. The summed E-state index contributed by atoms with van der Waals surface area (Å²) in [4.78, 5) is 4.19. The van der Waals surface area contributed by atoms with Crippen molar-refractivity contribution in [2.45, 2.75) is 32.1 Å². The number of oxazole rings is 1. The summed E-state index contributed by atoms with van der Waals surface area (Å²) in [6.45, 7) is 1.89. The highest BCUT2D eigenvalue weighted by Gasteiger charge is 2.23. The number of hydrazone groups is 1. The maximum Gasteiger partial charge on any atom is 0.301 e. The molecule has 1 aliphatic rings. The standard InChI is InChI=1S/C16H19N5OS/c1-10(11-5-7-13(17)8-6-11)20-21-16(23)19-15-18-9-14(22-15)12-3-2-4-12/h5-9,12H,2-4,17H2,1H3,(H2,18,19,21,23)/b20-10+. The quantitative estimate of drug-likeness (QED) is 0.345. The molecule has 3 rings (SSSR count). The molecule has 7 heteroatoms. The number of aromatic nitrogens is 1. The lowest BCUT2D eigenvalue weighted by Gasteiger charge is -2.22. The molecule has 1 saturated carbocycles. The van der Waals surface area contributed by atoms with E-state index < -0.39 is 0 Å². The van der Waals surface area contributed by atoms with E-state index in [4.69, 9.17) is 22.4 Å². The van der Waals surface area contributed by atoms with Crippen LogP contribution in [0.1, 0.15) is 43.4 Å². The van der Waals surface area contributed by atoms with Crippen molar-refractivity contribution < 1.29 is 4.42 Å². The smallest absolute Gasteiger partial charge is 0.301 e. The highest BCUT2D eigenvalue weighted by atomic mass is 32.1. The second-order valence-corrected chi connectivity index (χ2v) is 5.99. The second kappa shape index (κ2) is 6.78. The Labute approximate surface area is 140 Å². The molecule has 0 atom stereocenters. The molecule has 120 valence electrons. The summed E-state index contributed by atoms with van der Waals surface area (Å²) in [5.74, 6) is 1.42. The van der Waals surface area contributed by atoms with Gasteiger partial charge in [-0.2, -0.15) is 5.10 Å². The molecule has 1 aromatic carbocycles. The van der Waals surface area contributed by atoms with Gasteiger partial charge in [0.15, 0.2) is 5.11 Å². The van der Waals surface area contributed by atoms with E-state index in [0.717, 1.165) is 22.7 Å². The third-order valence-electron chi connectivity index (χ3n) is 3.91. The normalized spacial score (nSPS) is 15.1. The van der Waals surface area contributed by atoms with E-state index in [1.807, 2.05) is 31.2 Å². The Balaban J connectivity index is 1.55. The van der Waals surface area contributed by atoms with Crippen LogP contribution in [0.4, 0.5) is 11.7 Å². The number of nitrogens with two attached hydrogens (primary N) is 1. The number of benzene rings is 1. The minimum Gasteiger partial charge on any atom is -0.428 e. The van der Waals surface area contributed by atoms with Gasteiger partial charge in [0.1, 0.15) is 5.76 Å². The van der Waals surface area contributed by atoms with E-state index >= 15 is 0 Å². The van der Waals surface area contributed by atoms with E-state index in [9.17, 15) is 0 Å². The summed E-state index contributed by atoms with van der Waals surface area (Å²) in [7, 11) is 0. The van der Waals surface area contributed by atoms with Gasteiger partial charge in [-0.15, -0.1) is 0 Å². The first-order valence-corrected chi connectivity index (χ1v) is 7.95. The number of nitrogen functional groups attached to an aromatic ring is 1. The molecule has 1 fully saturated rings. The molecule has 0 spiro atoms. The summed E-state index contributed by atoms with van der Waals surface area (Å²) in [5.41, 5.74) is 10.9. The fraction of sp³-hybridized carbons (Fsp3) is 0.312. The highest BCUT2D eigenvalue weighted by molar-refractivity contribution is 7.80. The predicted octanol–water partition coefficient (Wildman–Crippen LogP) is 3.23. The highest BCUT2D eigenvalue weighted by Crippen LogP contribution is 2.37. The van der Waals surface area contributed by atoms with Gasteiger partial charge in [-0.1, -0.05) is 18.6 Å². The molecule has 1 aromatic heterocycles. The summed E-state index contributed by atoms with van der Waals surface area (Å²) < 4.78 is 5.65. The number of thiocarbonyl (C=S) groups is 1. The molecular weight excluding hydrogens is 310 g/mol. The van der Waals surface area contributed by atoms with E-state index in [-0.39, 0.29) is 0 Å². The number of rotatable bonds is 4. The Kier molecular flexibility index (Phi) is 4.57. The summed E-state index contributed by atoms with van der Waals surface area (Å²) in [6.07, 6.45) is 5.36. The van der Waals surface area contributed by atoms with Crippen LogP contribution in [0.25, 0.3) is 0 Å². The predicted molar refractivity (Wildman–Crippen MR) is 95.5 cm³/mol. The van der Waals surface area contributed by atoms with Gasteiger partial charge < -0.3 is 10.2 Å². The van der Waals surface area contributed by atoms with Crippen LogP contribution in [-0.4, -0.2) is 15.8 Å². The lowest BCUT2D eigenvalue weighted by atomic mass is 9.84. The minimum atomic E-state index is 0.335. The van der Waals surface area contributed by atoms with Gasteiger partial charge in [0.05, 0.1) is 11.9 Å². The third-order valence-corrected chi connectivity index (χ3v) is 4.10. The number of nitrogens with zero attached hydrogens (tertiary/aromatic N) is 2. The van der Waals surface area contributed by atoms with Crippen molar-refractivity contribution in [3.63, 3.8) is 0 Å². The number of nitrogens with one attached hydrogen (secondary N) is 2. The lowest BCUT2D eigenvalue weighted by Crippen LogP contribution is -2.25. The van der Waals surface area contributed by atoms with Crippen LogP contribution in [0.5, 0.6) is 0 Å². The maximum atomic E-state index is 5.67. The molecule has 0 saturated heterocycles. The van der Waals surface area contributed by atoms with Crippen molar-refractivity contribution in [2.24, 2.45) is 5.10 Å². The van der Waals surface area contributed by atoms with Crippen LogP contribution in [0.15, 0.2) is 40.0 Å². The average molecular weight is 329 g/mol. The van der Waals surface area contributed by atoms with Crippen molar-refractivity contribution in [2.75, 3.05) is 11.1 Å². The Hall–Kier alpha value is -2.41. The molecule has 2 aromatic rings. The van der Waals surface area contributed by atoms with Crippen molar-refractivity contribution in [3.05, 3.63) is 41.8 Å². The monoisotopic (exact) mass is 329 g/mol. The molecule has 4 N–H and O–H groups in total. The first kappa shape index (κ1) is 15.5. The van der Waals surface area contributed by atoms with E-state index in [1.54, 1.807) is 6.20 Å². The van der Waals surface area contributed by atoms with Crippen molar-refractivity contribution in [3.8, 4) is 0 Å². The van der Waals surface area contributed by atoms with Crippen LogP contribution in [0.2, 0.25) is 0 Å². The zero-order valence-corrected chi connectivity index (χ0v) is 13.7. The molecule has 0 radical (unpaired) electrons. The second-order valence-electron chi connectivity index (χ2n) is 5.58. The molecule has 1 heterocycles. The van der Waals surface area contributed by atoms with Crippen LogP contribution >= 0.6 is 12.2 Å². The molecule has 0 bridgehead atoms. The summed E-state index contributed by atoms with van der Waals surface area (Å²) in [6, 6.07) is 7.88. The molecular formula is C16H19N5OS. The number of anilines is 2. The SMILES string of the molecule is C/C(=N\NC(=S)Nc1ncc(C2CCC2)o1)c1ccc(N)cc1. The van der Waals surface area contributed by atoms with Gasteiger partial charge in [0.25, 0.3) is 0 Å². The molecule has 23 heavy (non-hydrogen) atoms. The Morgan fingerprint density at radius 2 is 2.09 bits per heavy atom. The van der Waals surface area contributed by atoms with Gasteiger partial charge in [-0.05, 0) is 49.7 Å². The average Bonchev–Trinajstić information content (AvgIpc) is 2.91. The fourth-order valence-corrected chi connectivity index (χ4v) is 2.41. The van der Waals surface area contributed by atoms with Crippen molar-refractivity contribution in [1.29, 1.82) is 0 Å². The van der Waals surface area contributed by atoms with Gasteiger partial charge in [0, 0.05) is 11.6 Å². The summed E-state index contributed by atoms with van der Waals surface area (Å²) in [5, 5.41) is 7.47. The Morgan fingerprint density at radius 1 is 1.35 bits per heavy atom. The largest absolute Gasteiger partial charge is 0.428 e. The minimum absolute atomic E-state index is 0.335. The first-order valence-electron chi connectivity index (χ1n) is 7.55. The number of hydrogen-bond donors (Lipinski definition) is 3. The lowest BCUT2D eigenvalue weighted by molar-refractivity contribution is 0.351. The van der Waals surface area contributed by atoms with E-state index in [0.29, 0.717) is 17.0 Å². The molecule has 1 aliphatic carbocycles. The zero-order valence-electron chi connectivity index (χ0n) is 12.9. The maximum absolute atomic E-state index is 5.67. The van der Waals surface area contributed by atoms with Crippen LogP contribution < -0.4 is 16.5 Å². The number of hydrogen-bond acceptors (Lipinski definition) is 5. The molecule has 0 unspecified atom stereocenters.